The van der Waals surface area contributed by atoms with Crippen LogP contribution in [0.5, 0.6) is 5.75 Å². The Kier molecular flexibility index (Phi) is 5.47. The van der Waals surface area contributed by atoms with Crippen LogP contribution in [0.25, 0.3) is 11.6 Å². The standard InChI is InChI=1S/C17H14F2N4O3/c18-17(19)25-12-6-4-11(5-7-12)15(24)21-10-8-14-22-16(26-23-14)13-3-1-2-9-20-13/h1-7,9,17H,8,10H2,(H,21,24). The van der Waals surface area contributed by atoms with Gasteiger partial charge in [-0.3, -0.25) is 9.78 Å². The zero-order valence-corrected chi connectivity index (χ0v) is 13.4. The lowest BCUT2D eigenvalue weighted by molar-refractivity contribution is -0.0498. The first-order valence-electron chi connectivity index (χ1n) is 7.69. The van der Waals surface area contributed by atoms with Crippen molar-refractivity contribution in [2.75, 3.05) is 6.54 Å². The third-order valence-corrected chi connectivity index (χ3v) is 3.33. The molecular formula is C17H14F2N4O3. The molecule has 0 aliphatic heterocycles. The number of rotatable bonds is 7. The molecule has 7 nitrogen and oxygen atoms in total. The third-order valence-electron chi connectivity index (χ3n) is 3.33. The third kappa shape index (κ3) is 4.59. The summed E-state index contributed by atoms with van der Waals surface area (Å²) >= 11 is 0. The molecule has 0 fully saturated rings. The number of hydrogen-bond acceptors (Lipinski definition) is 6. The molecule has 0 aliphatic carbocycles. The van der Waals surface area contributed by atoms with Gasteiger partial charge in [-0.15, -0.1) is 0 Å². The quantitative estimate of drug-likeness (QED) is 0.697. The Hall–Kier alpha value is -3.36. The summed E-state index contributed by atoms with van der Waals surface area (Å²) in [7, 11) is 0. The highest BCUT2D eigenvalue weighted by Crippen LogP contribution is 2.15. The van der Waals surface area contributed by atoms with E-state index in [2.05, 4.69) is 25.2 Å². The van der Waals surface area contributed by atoms with Crippen LogP contribution in [0, 0.1) is 0 Å². The van der Waals surface area contributed by atoms with Crippen molar-refractivity contribution in [3.05, 3.63) is 60.0 Å². The van der Waals surface area contributed by atoms with Gasteiger partial charge in [0.25, 0.3) is 11.8 Å². The van der Waals surface area contributed by atoms with Crippen molar-refractivity contribution in [1.82, 2.24) is 20.4 Å². The Morgan fingerprint density at radius 2 is 2.00 bits per heavy atom. The number of amides is 1. The predicted molar refractivity (Wildman–Crippen MR) is 86.6 cm³/mol. The Balaban J connectivity index is 1.50. The fraction of sp³-hybridized carbons (Fsp3) is 0.176. The van der Waals surface area contributed by atoms with Gasteiger partial charge in [-0.1, -0.05) is 11.2 Å². The molecule has 0 spiro atoms. The number of ether oxygens (including phenoxy) is 1. The van der Waals surface area contributed by atoms with Gasteiger partial charge in [-0.05, 0) is 36.4 Å². The minimum absolute atomic E-state index is 0.00889. The number of pyridine rings is 1. The van der Waals surface area contributed by atoms with Gasteiger partial charge in [0.15, 0.2) is 5.82 Å². The molecule has 9 heteroatoms. The maximum atomic E-state index is 12.1. The summed E-state index contributed by atoms with van der Waals surface area (Å²) in [6.45, 7) is -2.62. The van der Waals surface area contributed by atoms with Crippen LogP contribution in [0.15, 0.2) is 53.2 Å². The van der Waals surface area contributed by atoms with Gasteiger partial charge in [0.05, 0.1) is 0 Å². The van der Waals surface area contributed by atoms with Crippen LogP contribution in [0.3, 0.4) is 0 Å². The molecule has 0 saturated heterocycles. The molecule has 0 radical (unpaired) electrons. The summed E-state index contributed by atoms with van der Waals surface area (Å²) in [6.07, 6.45) is 1.99. The van der Waals surface area contributed by atoms with E-state index < -0.39 is 6.61 Å². The Labute approximate surface area is 147 Å². The Morgan fingerprint density at radius 3 is 2.69 bits per heavy atom. The first kappa shape index (κ1) is 17.5. The molecule has 1 aromatic carbocycles. The monoisotopic (exact) mass is 360 g/mol. The lowest BCUT2D eigenvalue weighted by Gasteiger charge is -2.06. The van der Waals surface area contributed by atoms with Crippen LogP contribution >= 0.6 is 0 Å². The average Bonchev–Trinajstić information content (AvgIpc) is 3.11. The van der Waals surface area contributed by atoms with Gasteiger partial charge in [0, 0.05) is 24.7 Å². The number of aromatic nitrogens is 3. The van der Waals surface area contributed by atoms with E-state index >= 15 is 0 Å². The minimum Gasteiger partial charge on any atom is -0.435 e. The smallest absolute Gasteiger partial charge is 0.387 e. The fourth-order valence-corrected chi connectivity index (χ4v) is 2.13. The number of hydrogen-bond donors (Lipinski definition) is 1. The Bertz CT molecular complexity index is 854. The Morgan fingerprint density at radius 1 is 1.19 bits per heavy atom. The molecule has 0 atom stereocenters. The molecule has 0 aliphatic rings. The molecule has 1 N–H and O–H groups in total. The van der Waals surface area contributed by atoms with Crippen LogP contribution < -0.4 is 10.1 Å². The number of nitrogens with zero attached hydrogens (tertiary/aromatic N) is 3. The zero-order chi connectivity index (χ0) is 18.4. The van der Waals surface area contributed by atoms with E-state index in [1.165, 1.54) is 24.3 Å². The SMILES string of the molecule is O=C(NCCc1noc(-c2ccccn2)n1)c1ccc(OC(F)F)cc1. The largest absolute Gasteiger partial charge is 0.435 e. The van der Waals surface area contributed by atoms with Gasteiger partial charge in [-0.25, -0.2) is 0 Å². The molecule has 2 aromatic heterocycles. The van der Waals surface area contributed by atoms with Crippen molar-refractivity contribution in [3.8, 4) is 17.3 Å². The normalized spacial score (nSPS) is 10.7. The topological polar surface area (TPSA) is 90.1 Å². The lowest BCUT2D eigenvalue weighted by atomic mass is 10.2. The maximum Gasteiger partial charge on any atom is 0.387 e. The summed E-state index contributed by atoms with van der Waals surface area (Å²) in [5.74, 6) is 0.389. The van der Waals surface area contributed by atoms with Crippen molar-refractivity contribution in [2.24, 2.45) is 0 Å². The second kappa shape index (κ2) is 8.15. The van der Waals surface area contributed by atoms with E-state index in [1.807, 2.05) is 6.07 Å². The zero-order valence-electron chi connectivity index (χ0n) is 13.4. The van der Waals surface area contributed by atoms with Crippen molar-refractivity contribution < 1.29 is 22.8 Å². The predicted octanol–water partition coefficient (Wildman–Crippen LogP) is 2.71. The van der Waals surface area contributed by atoms with Crippen LogP contribution in [0.2, 0.25) is 0 Å². The highest BCUT2D eigenvalue weighted by Gasteiger charge is 2.11. The molecule has 0 bridgehead atoms. The molecule has 3 rings (SSSR count). The van der Waals surface area contributed by atoms with Crippen molar-refractivity contribution in [3.63, 3.8) is 0 Å². The number of alkyl halides is 2. The molecule has 0 saturated carbocycles. The number of benzene rings is 1. The molecule has 3 aromatic rings. The van der Waals surface area contributed by atoms with Gasteiger partial charge in [0.1, 0.15) is 11.4 Å². The van der Waals surface area contributed by atoms with Crippen LogP contribution in [0.4, 0.5) is 8.78 Å². The fourth-order valence-electron chi connectivity index (χ4n) is 2.13. The molecule has 0 unspecified atom stereocenters. The van der Waals surface area contributed by atoms with Crippen molar-refractivity contribution in [1.29, 1.82) is 0 Å². The van der Waals surface area contributed by atoms with Gasteiger partial charge in [0.2, 0.25) is 0 Å². The van der Waals surface area contributed by atoms with Crippen LogP contribution in [0.1, 0.15) is 16.2 Å². The second-order valence-electron chi connectivity index (χ2n) is 5.14. The molecular weight excluding hydrogens is 346 g/mol. The number of carbonyl (C=O) groups excluding carboxylic acids is 1. The summed E-state index contributed by atoms with van der Waals surface area (Å²) in [5.41, 5.74) is 0.898. The molecule has 2 heterocycles. The molecule has 26 heavy (non-hydrogen) atoms. The van der Waals surface area contributed by atoms with E-state index in [9.17, 15) is 13.6 Å². The molecule has 134 valence electrons. The average molecular weight is 360 g/mol. The highest BCUT2D eigenvalue weighted by molar-refractivity contribution is 5.94. The number of carbonyl (C=O) groups is 1. The first-order chi connectivity index (χ1) is 12.6. The van der Waals surface area contributed by atoms with Gasteiger partial charge >= 0.3 is 6.61 Å². The van der Waals surface area contributed by atoms with Crippen LogP contribution in [-0.2, 0) is 6.42 Å². The minimum atomic E-state index is -2.90. The van der Waals surface area contributed by atoms with E-state index in [1.54, 1.807) is 18.3 Å². The van der Waals surface area contributed by atoms with E-state index in [0.29, 0.717) is 29.4 Å². The van der Waals surface area contributed by atoms with Crippen molar-refractivity contribution in [2.45, 2.75) is 13.0 Å². The van der Waals surface area contributed by atoms with Crippen molar-refractivity contribution >= 4 is 5.91 Å². The van der Waals surface area contributed by atoms with E-state index in [0.717, 1.165) is 0 Å². The summed E-state index contributed by atoms with van der Waals surface area (Å²) < 4.78 is 33.5. The van der Waals surface area contributed by atoms with Crippen LogP contribution in [-0.4, -0.2) is 34.2 Å². The molecule has 1 amide bonds. The van der Waals surface area contributed by atoms with Gasteiger partial charge in [-0.2, -0.15) is 13.8 Å². The lowest BCUT2D eigenvalue weighted by Crippen LogP contribution is -2.25. The second-order valence-corrected chi connectivity index (χ2v) is 5.14. The maximum absolute atomic E-state index is 12.1. The summed E-state index contributed by atoms with van der Waals surface area (Å²) in [6, 6.07) is 10.8. The summed E-state index contributed by atoms with van der Waals surface area (Å²) in [4.78, 5) is 20.3. The first-order valence-corrected chi connectivity index (χ1v) is 7.69. The van der Waals surface area contributed by atoms with E-state index in [4.69, 9.17) is 4.52 Å². The summed E-state index contributed by atoms with van der Waals surface area (Å²) in [5, 5.41) is 6.53. The number of halogens is 2. The number of nitrogens with one attached hydrogen (secondary N) is 1. The van der Waals surface area contributed by atoms with Gasteiger partial charge < -0.3 is 14.6 Å². The van der Waals surface area contributed by atoms with E-state index in [-0.39, 0.29) is 18.2 Å². The highest BCUT2D eigenvalue weighted by atomic mass is 19.3.